The van der Waals surface area contributed by atoms with Gasteiger partial charge in [-0.25, -0.2) is 4.98 Å². The molecule has 0 aliphatic rings. The molecule has 1 N–H and O–H groups in total. The van der Waals surface area contributed by atoms with Crippen LogP contribution in [0.2, 0.25) is 0 Å². The fraction of sp³-hybridized carbons (Fsp3) is 0.200. The van der Waals surface area contributed by atoms with Crippen LogP contribution in [0.15, 0.2) is 55.1 Å². The SMILES string of the molecule is Cc1ccc(CCn2cnc(-c3cc(-c4n[nH]nc4C)ccn3)c2)cc1. The van der Waals surface area contributed by atoms with E-state index in [1.807, 2.05) is 31.6 Å². The number of benzene rings is 1. The van der Waals surface area contributed by atoms with Gasteiger partial charge in [0.05, 0.1) is 17.7 Å². The summed E-state index contributed by atoms with van der Waals surface area (Å²) in [7, 11) is 0. The van der Waals surface area contributed by atoms with Crippen LogP contribution in [-0.4, -0.2) is 29.9 Å². The first-order chi connectivity index (χ1) is 12.7. The molecule has 0 saturated carbocycles. The van der Waals surface area contributed by atoms with E-state index < -0.39 is 0 Å². The first-order valence-electron chi connectivity index (χ1n) is 8.60. The fourth-order valence-corrected chi connectivity index (χ4v) is 2.90. The predicted octanol–water partition coefficient (Wildman–Crippen LogP) is 3.59. The molecular weight excluding hydrogens is 324 g/mol. The highest BCUT2D eigenvalue weighted by Gasteiger charge is 2.10. The lowest BCUT2D eigenvalue weighted by molar-refractivity contribution is 0.696. The smallest absolute Gasteiger partial charge is 0.115 e. The molecule has 0 atom stereocenters. The van der Waals surface area contributed by atoms with Crippen molar-refractivity contribution >= 4 is 0 Å². The number of rotatable bonds is 5. The minimum absolute atomic E-state index is 0.832. The Hall–Kier alpha value is -3.28. The summed E-state index contributed by atoms with van der Waals surface area (Å²) in [6, 6.07) is 12.6. The summed E-state index contributed by atoms with van der Waals surface area (Å²) in [4.78, 5) is 8.97. The molecule has 26 heavy (non-hydrogen) atoms. The van der Waals surface area contributed by atoms with Gasteiger partial charge >= 0.3 is 0 Å². The van der Waals surface area contributed by atoms with Crippen LogP contribution in [-0.2, 0) is 13.0 Å². The molecule has 0 fully saturated rings. The molecular formula is C20H20N6. The molecule has 6 heteroatoms. The van der Waals surface area contributed by atoms with Gasteiger partial charge in [0.15, 0.2) is 0 Å². The Morgan fingerprint density at radius 3 is 2.58 bits per heavy atom. The Balaban J connectivity index is 1.51. The molecule has 6 nitrogen and oxygen atoms in total. The normalized spacial score (nSPS) is 11.0. The highest BCUT2D eigenvalue weighted by atomic mass is 15.3. The summed E-state index contributed by atoms with van der Waals surface area (Å²) in [6.07, 6.45) is 6.65. The Bertz CT molecular complexity index is 1010. The van der Waals surface area contributed by atoms with Crippen LogP contribution in [0.1, 0.15) is 16.8 Å². The van der Waals surface area contributed by atoms with E-state index in [0.717, 1.165) is 41.3 Å². The number of imidazole rings is 1. The number of hydrogen-bond acceptors (Lipinski definition) is 4. The third kappa shape index (κ3) is 3.39. The van der Waals surface area contributed by atoms with Crippen molar-refractivity contribution in [3.05, 3.63) is 71.9 Å². The summed E-state index contributed by atoms with van der Waals surface area (Å²) in [5.74, 6) is 0. The van der Waals surface area contributed by atoms with E-state index in [2.05, 4.69) is 61.1 Å². The number of pyridine rings is 1. The zero-order chi connectivity index (χ0) is 17.9. The zero-order valence-corrected chi connectivity index (χ0v) is 14.8. The number of hydrogen-bond donors (Lipinski definition) is 1. The van der Waals surface area contributed by atoms with E-state index in [9.17, 15) is 0 Å². The van der Waals surface area contributed by atoms with Crippen molar-refractivity contribution in [1.82, 2.24) is 29.9 Å². The summed E-state index contributed by atoms with van der Waals surface area (Å²) in [6.45, 7) is 4.92. The maximum Gasteiger partial charge on any atom is 0.115 e. The largest absolute Gasteiger partial charge is 0.336 e. The third-order valence-corrected chi connectivity index (χ3v) is 4.43. The molecule has 4 aromatic rings. The lowest BCUT2D eigenvalue weighted by Crippen LogP contribution is -1.98. The number of nitrogens with zero attached hydrogens (tertiary/aromatic N) is 5. The lowest BCUT2D eigenvalue weighted by Gasteiger charge is -2.03. The van der Waals surface area contributed by atoms with Crippen LogP contribution in [0.4, 0.5) is 0 Å². The minimum Gasteiger partial charge on any atom is -0.336 e. The number of nitrogens with one attached hydrogen (secondary N) is 1. The first kappa shape index (κ1) is 16.2. The highest BCUT2D eigenvalue weighted by Crippen LogP contribution is 2.23. The van der Waals surface area contributed by atoms with Gasteiger partial charge < -0.3 is 4.57 Å². The van der Waals surface area contributed by atoms with Crippen molar-refractivity contribution in [3.8, 4) is 22.6 Å². The fourth-order valence-electron chi connectivity index (χ4n) is 2.90. The van der Waals surface area contributed by atoms with Crippen molar-refractivity contribution in [1.29, 1.82) is 0 Å². The van der Waals surface area contributed by atoms with E-state index >= 15 is 0 Å². The van der Waals surface area contributed by atoms with Crippen LogP contribution in [0.5, 0.6) is 0 Å². The van der Waals surface area contributed by atoms with E-state index in [1.54, 1.807) is 6.20 Å². The number of aromatic nitrogens is 6. The Morgan fingerprint density at radius 1 is 0.962 bits per heavy atom. The minimum atomic E-state index is 0.832. The van der Waals surface area contributed by atoms with Gasteiger partial charge in [0.2, 0.25) is 0 Å². The Labute approximate surface area is 152 Å². The van der Waals surface area contributed by atoms with Crippen molar-refractivity contribution in [3.63, 3.8) is 0 Å². The standard InChI is InChI=1S/C20H20N6/c1-14-3-5-16(6-4-14)8-10-26-12-19(22-13-26)18-11-17(7-9-21-18)20-15(2)23-25-24-20/h3-7,9,11-13H,8,10H2,1-2H3,(H,23,24,25). The molecule has 0 aliphatic heterocycles. The molecule has 3 aromatic heterocycles. The van der Waals surface area contributed by atoms with Crippen molar-refractivity contribution in [2.24, 2.45) is 0 Å². The van der Waals surface area contributed by atoms with Crippen LogP contribution in [0, 0.1) is 13.8 Å². The van der Waals surface area contributed by atoms with Gasteiger partial charge in [0.25, 0.3) is 0 Å². The molecule has 0 amide bonds. The molecule has 0 bridgehead atoms. The summed E-state index contributed by atoms with van der Waals surface area (Å²) < 4.78 is 2.10. The van der Waals surface area contributed by atoms with Crippen molar-refractivity contribution in [2.75, 3.05) is 0 Å². The summed E-state index contributed by atoms with van der Waals surface area (Å²) in [5.41, 5.74) is 6.99. The molecule has 1 aromatic carbocycles. The van der Waals surface area contributed by atoms with Crippen molar-refractivity contribution in [2.45, 2.75) is 26.8 Å². The topological polar surface area (TPSA) is 72.3 Å². The zero-order valence-electron chi connectivity index (χ0n) is 14.8. The number of aryl methyl sites for hydroxylation is 4. The van der Waals surface area contributed by atoms with Gasteiger partial charge in [-0.15, -0.1) is 0 Å². The monoisotopic (exact) mass is 344 g/mol. The molecule has 3 heterocycles. The second kappa shape index (κ2) is 6.92. The quantitative estimate of drug-likeness (QED) is 0.600. The second-order valence-corrected chi connectivity index (χ2v) is 6.42. The summed E-state index contributed by atoms with van der Waals surface area (Å²) in [5, 5.41) is 10.9. The summed E-state index contributed by atoms with van der Waals surface area (Å²) >= 11 is 0. The van der Waals surface area contributed by atoms with Crippen molar-refractivity contribution < 1.29 is 0 Å². The second-order valence-electron chi connectivity index (χ2n) is 6.42. The van der Waals surface area contributed by atoms with Gasteiger partial charge in [-0.1, -0.05) is 29.8 Å². The molecule has 0 saturated heterocycles. The maximum absolute atomic E-state index is 4.51. The first-order valence-corrected chi connectivity index (χ1v) is 8.60. The highest BCUT2D eigenvalue weighted by molar-refractivity contribution is 5.67. The third-order valence-electron chi connectivity index (χ3n) is 4.43. The average molecular weight is 344 g/mol. The van der Waals surface area contributed by atoms with Crippen LogP contribution in [0.25, 0.3) is 22.6 Å². The molecule has 0 radical (unpaired) electrons. The van der Waals surface area contributed by atoms with E-state index in [4.69, 9.17) is 0 Å². The Morgan fingerprint density at radius 2 is 1.81 bits per heavy atom. The molecule has 0 spiro atoms. The van der Waals surface area contributed by atoms with Gasteiger partial charge in [0, 0.05) is 24.5 Å². The predicted molar refractivity (Wildman–Crippen MR) is 100 cm³/mol. The van der Waals surface area contributed by atoms with Crippen LogP contribution >= 0.6 is 0 Å². The van der Waals surface area contributed by atoms with Gasteiger partial charge in [-0.05, 0) is 38.0 Å². The number of H-pyrrole nitrogens is 1. The molecule has 0 aliphatic carbocycles. The van der Waals surface area contributed by atoms with Crippen LogP contribution in [0.3, 0.4) is 0 Å². The number of aromatic amines is 1. The van der Waals surface area contributed by atoms with Crippen LogP contribution < -0.4 is 0 Å². The van der Waals surface area contributed by atoms with Gasteiger partial charge in [0.1, 0.15) is 11.4 Å². The Kier molecular flexibility index (Phi) is 4.31. The van der Waals surface area contributed by atoms with E-state index in [1.165, 1.54) is 11.1 Å². The van der Waals surface area contributed by atoms with Gasteiger partial charge in [-0.3, -0.25) is 4.98 Å². The maximum atomic E-state index is 4.51. The molecule has 0 unspecified atom stereocenters. The molecule has 4 rings (SSSR count). The van der Waals surface area contributed by atoms with E-state index in [-0.39, 0.29) is 0 Å². The van der Waals surface area contributed by atoms with Gasteiger partial charge in [-0.2, -0.15) is 15.4 Å². The average Bonchev–Trinajstić information content (AvgIpc) is 3.30. The lowest BCUT2D eigenvalue weighted by atomic mass is 10.1. The van der Waals surface area contributed by atoms with E-state index in [0.29, 0.717) is 0 Å². The molecule has 130 valence electrons.